The molecule has 0 saturated heterocycles. The third kappa shape index (κ3) is 2.78. The van der Waals surface area contributed by atoms with Gasteiger partial charge in [0.25, 0.3) is 5.91 Å². The largest absolute Gasteiger partial charge is 0.368 e. The van der Waals surface area contributed by atoms with Gasteiger partial charge in [0.1, 0.15) is 11.5 Å². The van der Waals surface area contributed by atoms with Crippen molar-refractivity contribution in [3.63, 3.8) is 0 Å². The van der Waals surface area contributed by atoms with Gasteiger partial charge in [-0.25, -0.2) is 9.97 Å². The summed E-state index contributed by atoms with van der Waals surface area (Å²) in [7, 11) is 0. The van der Waals surface area contributed by atoms with E-state index >= 15 is 0 Å². The number of aromatic nitrogens is 2. The number of carbonyl (C=O) groups excluding carboxylic acids is 2. The molecule has 1 fully saturated rings. The standard InChI is InChI=1S/C24H24N4O2/c1-2-20(29)24(10-5-11-24)17-8-9-19-18(12-17)21(27-23(25)26-19)22(30)28-13-15-6-3-4-7-16(15)14-28/h3-4,6-9,12H,2,5,10-11,13-14H2,1H3,(H2,25,26,27). The molecule has 2 aliphatic rings. The van der Waals surface area contributed by atoms with Crippen molar-refractivity contribution in [2.75, 3.05) is 5.73 Å². The lowest BCUT2D eigenvalue weighted by molar-refractivity contribution is -0.127. The lowest BCUT2D eigenvalue weighted by Gasteiger charge is -2.41. The Labute approximate surface area is 175 Å². The molecule has 1 aromatic heterocycles. The molecule has 6 heteroatoms. The van der Waals surface area contributed by atoms with Crippen molar-refractivity contribution in [1.82, 2.24) is 14.9 Å². The second kappa shape index (κ2) is 6.90. The Bertz CT molecular complexity index is 1160. The maximum absolute atomic E-state index is 13.4. The van der Waals surface area contributed by atoms with E-state index in [0.717, 1.165) is 36.0 Å². The summed E-state index contributed by atoms with van der Waals surface area (Å²) in [4.78, 5) is 36.6. The summed E-state index contributed by atoms with van der Waals surface area (Å²) in [5.41, 5.74) is 9.70. The smallest absolute Gasteiger partial charge is 0.273 e. The highest BCUT2D eigenvalue weighted by Gasteiger charge is 2.44. The van der Waals surface area contributed by atoms with Crippen molar-refractivity contribution < 1.29 is 9.59 Å². The molecule has 1 aliphatic heterocycles. The van der Waals surface area contributed by atoms with Gasteiger partial charge in [-0.1, -0.05) is 43.7 Å². The van der Waals surface area contributed by atoms with E-state index in [-0.39, 0.29) is 17.6 Å². The number of rotatable bonds is 4. The molecule has 30 heavy (non-hydrogen) atoms. The van der Waals surface area contributed by atoms with Gasteiger partial charge in [0, 0.05) is 24.9 Å². The molecule has 1 amide bonds. The first kappa shape index (κ1) is 18.7. The number of hydrogen-bond donors (Lipinski definition) is 1. The summed E-state index contributed by atoms with van der Waals surface area (Å²) in [6, 6.07) is 13.8. The number of anilines is 1. The molecule has 0 unspecified atom stereocenters. The molecule has 0 bridgehead atoms. The first-order chi connectivity index (χ1) is 14.5. The van der Waals surface area contributed by atoms with E-state index in [4.69, 9.17) is 5.73 Å². The zero-order chi connectivity index (χ0) is 20.9. The molecule has 2 heterocycles. The van der Waals surface area contributed by atoms with Gasteiger partial charge in [-0.3, -0.25) is 9.59 Å². The van der Waals surface area contributed by atoms with E-state index in [1.807, 2.05) is 49.4 Å². The van der Waals surface area contributed by atoms with Crippen LogP contribution in [0.2, 0.25) is 0 Å². The van der Waals surface area contributed by atoms with Crippen LogP contribution in [0.15, 0.2) is 42.5 Å². The van der Waals surface area contributed by atoms with Crippen LogP contribution < -0.4 is 5.73 Å². The number of amides is 1. The fourth-order valence-corrected chi connectivity index (χ4v) is 4.83. The quantitative estimate of drug-likeness (QED) is 0.720. The highest BCUT2D eigenvalue weighted by Crippen LogP contribution is 2.46. The molecule has 0 atom stereocenters. The lowest BCUT2D eigenvalue weighted by Crippen LogP contribution is -2.42. The predicted molar refractivity (Wildman–Crippen MR) is 115 cm³/mol. The predicted octanol–water partition coefficient (Wildman–Crippen LogP) is 3.77. The first-order valence-corrected chi connectivity index (χ1v) is 10.5. The Kier molecular flexibility index (Phi) is 4.31. The number of carbonyl (C=O) groups is 2. The number of fused-ring (bicyclic) bond motifs is 2. The third-order valence-electron chi connectivity index (χ3n) is 6.66. The van der Waals surface area contributed by atoms with Gasteiger partial charge in [0.15, 0.2) is 0 Å². The summed E-state index contributed by atoms with van der Waals surface area (Å²) >= 11 is 0. The highest BCUT2D eigenvalue weighted by atomic mass is 16.2. The van der Waals surface area contributed by atoms with Crippen molar-refractivity contribution in [3.05, 3.63) is 64.8 Å². The topological polar surface area (TPSA) is 89.2 Å². The fourth-order valence-electron chi connectivity index (χ4n) is 4.83. The van der Waals surface area contributed by atoms with Crippen LogP contribution in [-0.4, -0.2) is 26.6 Å². The molecule has 6 nitrogen and oxygen atoms in total. The lowest BCUT2D eigenvalue weighted by atomic mass is 9.61. The highest BCUT2D eigenvalue weighted by molar-refractivity contribution is 6.05. The third-order valence-corrected chi connectivity index (χ3v) is 6.66. The minimum absolute atomic E-state index is 0.0818. The maximum Gasteiger partial charge on any atom is 0.273 e. The first-order valence-electron chi connectivity index (χ1n) is 10.5. The van der Waals surface area contributed by atoms with Crippen molar-refractivity contribution >= 4 is 28.5 Å². The van der Waals surface area contributed by atoms with Gasteiger partial charge in [-0.15, -0.1) is 0 Å². The monoisotopic (exact) mass is 400 g/mol. The van der Waals surface area contributed by atoms with Crippen LogP contribution in [0.25, 0.3) is 10.9 Å². The number of nitrogen functional groups attached to an aromatic ring is 1. The molecule has 1 aliphatic carbocycles. The summed E-state index contributed by atoms with van der Waals surface area (Å²) in [6.07, 6.45) is 3.26. The average molecular weight is 400 g/mol. The molecular formula is C24H24N4O2. The molecule has 0 spiro atoms. The van der Waals surface area contributed by atoms with Crippen LogP contribution in [0, 0.1) is 0 Å². The van der Waals surface area contributed by atoms with Crippen LogP contribution in [0.3, 0.4) is 0 Å². The molecule has 5 rings (SSSR count). The van der Waals surface area contributed by atoms with Crippen LogP contribution in [0.1, 0.15) is 59.8 Å². The summed E-state index contributed by atoms with van der Waals surface area (Å²) in [5, 5.41) is 0.665. The van der Waals surface area contributed by atoms with Gasteiger partial charge >= 0.3 is 0 Å². The minimum Gasteiger partial charge on any atom is -0.368 e. The summed E-state index contributed by atoms with van der Waals surface area (Å²) < 4.78 is 0. The van der Waals surface area contributed by atoms with Gasteiger partial charge < -0.3 is 10.6 Å². The number of nitrogens with two attached hydrogens (primary N) is 1. The maximum atomic E-state index is 13.4. The van der Waals surface area contributed by atoms with Gasteiger partial charge in [0.05, 0.1) is 10.9 Å². The number of Topliss-reactive ketones (excluding diaryl/α,β-unsaturated/α-hetero) is 1. The van der Waals surface area contributed by atoms with E-state index in [9.17, 15) is 9.59 Å². The molecule has 3 aromatic rings. The normalized spacial score (nSPS) is 16.9. The Morgan fingerprint density at radius 1 is 1.07 bits per heavy atom. The van der Waals surface area contributed by atoms with Crippen molar-refractivity contribution in [2.45, 2.75) is 51.1 Å². The number of ketones is 1. The molecule has 152 valence electrons. The second-order valence-corrected chi connectivity index (χ2v) is 8.30. The van der Waals surface area contributed by atoms with Crippen LogP contribution in [0.4, 0.5) is 5.95 Å². The van der Waals surface area contributed by atoms with Gasteiger partial charge in [-0.05, 0) is 41.7 Å². The van der Waals surface area contributed by atoms with Gasteiger partial charge in [-0.2, -0.15) is 0 Å². The number of hydrogen-bond acceptors (Lipinski definition) is 5. The van der Waals surface area contributed by atoms with Crippen molar-refractivity contribution in [3.8, 4) is 0 Å². The number of nitrogens with zero attached hydrogens (tertiary/aromatic N) is 3. The Morgan fingerprint density at radius 2 is 1.77 bits per heavy atom. The van der Waals surface area contributed by atoms with E-state index in [1.165, 1.54) is 0 Å². The van der Waals surface area contributed by atoms with Crippen LogP contribution in [-0.2, 0) is 23.3 Å². The summed E-state index contributed by atoms with van der Waals surface area (Å²) in [6.45, 7) is 3.02. The molecule has 1 saturated carbocycles. The van der Waals surface area contributed by atoms with E-state index in [1.54, 1.807) is 4.90 Å². The fraction of sp³-hybridized carbons (Fsp3) is 0.333. The number of benzene rings is 2. The van der Waals surface area contributed by atoms with E-state index in [0.29, 0.717) is 36.1 Å². The summed E-state index contributed by atoms with van der Waals surface area (Å²) in [5.74, 6) is 0.178. The molecular weight excluding hydrogens is 376 g/mol. The average Bonchev–Trinajstić information content (AvgIpc) is 3.16. The van der Waals surface area contributed by atoms with E-state index in [2.05, 4.69) is 9.97 Å². The Hall–Kier alpha value is -3.28. The van der Waals surface area contributed by atoms with Gasteiger partial charge in [0.2, 0.25) is 5.95 Å². The molecule has 2 aromatic carbocycles. The SMILES string of the molecule is CCC(=O)C1(c2ccc3nc(N)nc(C(=O)N4Cc5ccccc5C4)c3c2)CCC1. The Balaban J connectivity index is 1.58. The second-order valence-electron chi connectivity index (χ2n) is 8.30. The van der Waals surface area contributed by atoms with Crippen molar-refractivity contribution in [1.29, 1.82) is 0 Å². The Morgan fingerprint density at radius 3 is 2.37 bits per heavy atom. The molecule has 2 N–H and O–H groups in total. The van der Waals surface area contributed by atoms with Crippen LogP contribution in [0.5, 0.6) is 0 Å². The minimum atomic E-state index is -0.436. The van der Waals surface area contributed by atoms with Crippen LogP contribution >= 0.6 is 0 Å². The zero-order valence-corrected chi connectivity index (χ0v) is 17.0. The zero-order valence-electron chi connectivity index (χ0n) is 17.0. The molecule has 0 radical (unpaired) electrons. The van der Waals surface area contributed by atoms with Crippen molar-refractivity contribution in [2.24, 2.45) is 0 Å². The van der Waals surface area contributed by atoms with E-state index < -0.39 is 5.41 Å².